The predicted octanol–water partition coefficient (Wildman–Crippen LogP) is 1.75. The third-order valence-corrected chi connectivity index (χ3v) is 4.63. The number of hydrogen-bond donors (Lipinski definition) is 1. The lowest BCUT2D eigenvalue weighted by Crippen LogP contribution is -2.46. The van der Waals surface area contributed by atoms with E-state index in [0.29, 0.717) is 36.8 Å². The van der Waals surface area contributed by atoms with Crippen molar-refractivity contribution in [1.82, 2.24) is 10.2 Å². The minimum Gasteiger partial charge on any atom is -0.454 e. The first-order valence-corrected chi connectivity index (χ1v) is 8.83. The molecule has 1 atom stereocenters. The summed E-state index contributed by atoms with van der Waals surface area (Å²) in [5.74, 6) is 0.693. The Kier molecular flexibility index (Phi) is 4.93. The number of ether oxygens (including phenoxy) is 3. The maximum absolute atomic E-state index is 12.5. The summed E-state index contributed by atoms with van der Waals surface area (Å²) >= 11 is 0. The van der Waals surface area contributed by atoms with Crippen molar-refractivity contribution in [3.8, 4) is 11.5 Å². The second-order valence-corrected chi connectivity index (χ2v) is 6.36. The Labute approximate surface area is 156 Å². The molecular formula is C20H20N2O5. The van der Waals surface area contributed by atoms with Gasteiger partial charge in [0.2, 0.25) is 12.7 Å². The van der Waals surface area contributed by atoms with Crippen molar-refractivity contribution >= 4 is 11.8 Å². The first-order chi connectivity index (χ1) is 13.2. The number of carbonyl (C=O) groups is 2. The monoisotopic (exact) mass is 368 g/mol. The molecule has 1 saturated heterocycles. The number of rotatable bonds is 4. The van der Waals surface area contributed by atoms with Crippen molar-refractivity contribution in [3.05, 3.63) is 59.7 Å². The molecule has 7 heteroatoms. The fourth-order valence-corrected chi connectivity index (χ4v) is 3.15. The van der Waals surface area contributed by atoms with Crippen molar-refractivity contribution < 1.29 is 23.8 Å². The van der Waals surface area contributed by atoms with Crippen LogP contribution in [0.25, 0.3) is 0 Å². The lowest BCUT2D eigenvalue weighted by Gasteiger charge is -2.33. The van der Waals surface area contributed by atoms with Gasteiger partial charge < -0.3 is 24.4 Å². The second-order valence-electron chi connectivity index (χ2n) is 6.36. The van der Waals surface area contributed by atoms with Crippen molar-refractivity contribution in [2.45, 2.75) is 6.10 Å². The van der Waals surface area contributed by atoms with E-state index in [-0.39, 0.29) is 31.3 Å². The zero-order valence-electron chi connectivity index (χ0n) is 14.7. The van der Waals surface area contributed by atoms with Gasteiger partial charge in [0.25, 0.3) is 5.91 Å². The fraction of sp³-hybridized carbons (Fsp3) is 0.300. The molecule has 2 aliphatic heterocycles. The minimum absolute atomic E-state index is 0.0607. The van der Waals surface area contributed by atoms with Gasteiger partial charge in [0.15, 0.2) is 11.5 Å². The summed E-state index contributed by atoms with van der Waals surface area (Å²) < 4.78 is 16.3. The highest BCUT2D eigenvalue weighted by molar-refractivity contribution is 5.97. The van der Waals surface area contributed by atoms with Crippen molar-refractivity contribution in [2.24, 2.45) is 0 Å². The van der Waals surface area contributed by atoms with Crippen LogP contribution in [0.2, 0.25) is 0 Å². The number of nitrogens with one attached hydrogen (secondary N) is 1. The summed E-state index contributed by atoms with van der Waals surface area (Å²) in [5.41, 5.74) is 1.47. The van der Waals surface area contributed by atoms with Crippen LogP contribution in [0.5, 0.6) is 11.5 Å². The Morgan fingerprint density at radius 1 is 1.07 bits per heavy atom. The summed E-state index contributed by atoms with van der Waals surface area (Å²) in [7, 11) is 0. The molecule has 140 valence electrons. The summed E-state index contributed by atoms with van der Waals surface area (Å²) in [5, 5.41) is 2.67. The average molecular weight is 368 g/mol. The van der Waals surface area contributed by atoms with E-state index in [1.807, 2.05) is 30.3 Å². The minimum atomic E-state index is -0.325. The quantitative estimate of drug-likeness (QED) is 0.890. The molecule has 7 nitrogen and oxygen atoms in total. The molecule has 2 heterocycles. The molecule has 0 bridgehead atoms. The molecular weight excluding hydrogens is 348 g/mol. The Hall–Kier alpha value is -3.06. The number of morpholine rings is 1. The Balaban J connectivity index is 1.33. The highest BCUT2D eigenvalue weighted by atomic mass is 16.7. The first-order valence-electron chi connectivity index (χ1n) is 8.83. The molecule has 1 fully saturated rings. The van der Waals surface area contributed by atoms with Crippen LogP contribution in [0.1, 0.15) is 22.0 Å². The summed E-state index contributed by atoms with van der Waals surface area (Å²) in [6, 6.07) is 14.8. The van der Waals surface area contributed by atoms with Gasteiger partial charge in [-0.05, 0) is 23.8 Å². The van der Waals surface area contributed by atoms with Gasteiger partial charge in [-0.2, -0.15) is 0 Å². The number of nitrogens with zero attached hydrogens (tertiary/aromatic N) is 1. The number of amides is 2. The molecule has 1 unspecified atom stereocenters. The second kappa shape index (κ2) is 7.67. The van der Waals surface area contributed by atoms with Crippen LogP contribution in [-0.2, 0) is 9.53 Å². The van der Waals surface area contributed by atoms with Gasteiger partial charge in [0.1, 0.15) is 6.10 Å². The highest BCUT2D eigenvalue weighted by Crippen LogP contribution is 2.32. The van der Waals surface area contributed by atoms with Crippen molar-refractivity contribution in [3.63, 3.8) is 0 Å². The smallest absolute Gasteiger partial charge is 0.251 e. The fourth-order valence-electron chi connectivity index (χ4n) is 3.15. The highest BCUT2D eigenvalue weighted by Gasteiger charge is 2.25. The molecule has 27 heavy (non-hydrogen) atoms. The van der Waals surface area contributed by atoms with Gasteiger partial charge in [-0.15, -0.1) is 0 Å². The molecule has 4 rings (SSSR count). The van der Waals surface area contributed by atoms with Crippen LogP contribution in [0.15, 0.2) is 48.5 Å². The summed E-state index contributed by atoms with van der Waals surface area (Å²) in [6.45, 7) is 1.56. The third-order valence-electron chi connectivity index (χ3n) is 4.63. The molecule has 0 aromatic heterocycles. The Morgan fingerprint density at radius 3 is 2.74 bits per heavy atom. The van der Waals surface area contributed by atoms with Gasteiger partial charge in [-0.25, -0.2) is 0 Å². The molecule has 2 aromatic carbocycles. The normalized spacial score (nSPS) is 18.2. The van der Waals surface area contributed by atoms with E-state index in [1.54, 1.807) is 23.1 Å². The molecule has 0 saturated carbocycles. The lowest BCUT2D eigenvalue weighted by molar-refractivity contribution is -0.137. The van der Waals surface area contributed by atoms with Crippen LogP contribution in [0, 0.1) is 0 Å². The van der Waals surface area contributed by atoms with E-state index in [2.05, 4.69) is 5.32 Å². The number of carbonyl (C=O) groups excluding carboxylic acids is 2. The van der Waals surface area contributed by atoms with E-state index < -0.39 is 0 Å². The largest absolute Gasteiger partial charge is 0.454 e. The zero-order valence-corrected chi connectivity index (χ0v) is 14.7. The molecule has 2 aliphatic rings. The summed E-state index contributed by atoms with van der Waals surface area (Å²) in [4.78, 5) is 26.5. The molecule has 0 spiro atoms. The first kappa shape index (κ1) is 17.4. The Morgan fingerprint density at radius 2 is 1.89 bits per heavy atom. The number of hydrogen-bond acceptors (Lipinski definition) is 5. The van der Waals surface area contributed by atoms with E-state index in [1.165, 1.54) is 0 Å². The van der Waals surface area contributed by atoms with Crippen LogP contribution < -0.4 is 14.8 Å². The number of benzene rings is 2. The zero-order chi connectivity index (χ0) is 18.6. The van der Waals surface area contributed by atoms with Crippen molar-refractivity contribution in [2.75, 3.05) is 33.0 Å². The van der Waals surface area contributed by atoms with Crippen LogP contribution in [0.4, 0.5) is 0 Å². The molecule has 1 N–H and O–H groups in total. The van der Waals surface area contributed by atoms with E-state index in [4.69, 9.17) is 14.2 Å². The third kappa shape index (κ3) is 3.88. The molecule has 0 aliphatic carbocycles. The number of fused-ring (bicyclic) bond motifs is 1. The maximum atomic E-state index is 12.5. The van der Waals surface area contributed by atoms with Crippen molar-refractivity contribution in [1.29, 1.82) is 0 Å². The van der Waals surface area contributed by atoms with Crippen LogP contribution in [0.3, 0.4) is 0 Å². The van der Waals surface area contributed by atoms with Gasteiger partial charge >= 0.3 is 0 Å². The van der Waals surface area contributed by atoms with Gasteiger partial charge in [-0.1, -0.05) is 30.3 Å². The predicted molar refractivity (Wildman–Crippen MR) is 96.6 cm³/mol. The standard InChI is InChI=1S/C20H20N2O5/c23-19(22-8-9-25-18(12-22)14-4-2-1-3-5-14)11-21-20(24)15-6-7-16-17(10-15)27-13-26-16/h1-7,10,18H,8-9,11-13H2,(H,21,24). The van der Waals surface area contributed by atoms with E-state index in [9.17, 15) is 9.59 Å². The molecule has 2 aromatic rings. The van der Waals surface area contributed by atoms with Crippen LogP contribution >= 0.6 is 0 Å². The lowest BCUT2D eigenvalue weighted by atomic mass is 10.1. The average Bonchev–Trinajstić information content (AvgIpc) is 3.20. The molecule has 2 amide bonds. The van der Waals surface area contributed by atoms with Crippen LogP contribution in [-0.4, -0.2) is 49.7 Å². The van der Waals surface area contributed by atoms with E-state index in [0.717, 1.165) is 5.56 Å². The van der Waals surface area contributed by atoms with Gasteiger partial charge in [0.05, 0.1) is 19.7 Å². The van der Waals surface area contributed by atoms with Gasteiger partial charge in [0, 0.05) is 12.1 Å². The molecule has 0 radical (unpaired) electrons. The maximum Gasteiger partial charge on any atom is 0.251 e. The SMILES string of the molecule is O=C(NCC(=O)N1CCOC(c2ccccc2)C1)c1ccc2c(c1)OCO2. The Bertz CT molecular complexity index is 840. The summed E-state index contributed by atoms with van der Waals surface area (Å²) in [6.07, 6.45) is -0.145. The van der Waals surface area contributed by atoms with E-state index >= 15 is 0 Å². The topological polar surface area (TPSA) is 77.1 Å². The van der Waals surface area contributed by atoms with Gasteiger partial charge in [-0.3, -0.25) is 9.59 Å².